The lowest BCUT2D eigenvalue weighted by Gasteiger charge is -2.06. The fourth-order valence-electron chi connectivity index (χ4n) is 1.74. The van der Waals surface area contributed by atoms with Crippen molar-refractivity contribution in [1.82, 2.24) is 0 Å². The predicted molar refractivity (Wildman–Crippen MR) is 58.2 cm³/mol. The Bertz CT molecular complexity index is 555. The van der Waals surface area contributed by atoms with E-state index in [9.17, 15) is 8.78 Å². The standard InChI is InChI=1S/C13H9F2N/c14-13(15)11-3-1-2-10-5-4-9(6-7-16)8-12(10)11/h1-5,8,13H,6H2. The van der Waals surface area contributed by atoms with Crippen LogP contribution in [0.1, 0.15) is 17.6 Å². The molecule has 2 aromatic carbocycles. The molecule has 0 radical (unpaired) electrons. The maximum atomic E-state index is 12.7. The molecule has 0 aliphatic heterocycles. The first-order valence-electron chi connectivity index (χ1n) is 4.89. The summed E-state index contributed by atoms with van der Waals surface area (Å²) in [4.78, 5) is 0. The van der Waals surface area contributed by atoms with E-state index in [-0.39, 0.29) is 12.0 Å². The first-order valence-corrected chi connectivity index (χ1v) is 4.89. The van der Waals surface area contributed by atoms with Crippen LogP contribution in [0.3, 0.4) is 0 Å². The third-order valence-corrected chi connectivity index (χ3v) is 2.50. The van der Waals surface area contributed by atoms with Crippen molar-refractivity contribution in [3.05, 3.63) is 47.5 Å². The number of rotatable bonds is 2. The fraction of sp³-hybridized carbons (Fsp3) is 0.154. The molecule has 0 saturated heterocycles. The second-order valence-corrected chi connectivity index (χ2v) is 3.54. The van der Waals surface area contributed by atoms with Crippen LogP contribution in [0.15, 0.2) is 36.4 Å². The zero-order valence-corrected chi connectivity index (χ0v) is 8.45. The Hall–Kier alpha value is -1.95. The molecule has 0 saturated carbocycles. The summed E-state index contributed by atoms with van der Waals surface area (Å²) in [5, 5.41) is 9.88. The van der Waals surface area contributed by atoms with Gasteiger partial charge in [0.25, 0.3) is 6.43 Å². The summed E-state index contributed by atoms with van der Waals surface area (Å²) in [5.41, 5.74) is 0.792. The lowest BCUT2D eigenvalue weighted by Crippen LogP contribution is -1.89. The Labute approximate surface area is 91.9 Å². The number of alkyl halides is 2. The Morgan fingerprint density at radius 3 is 2.69 bits per heavy atom. The molecule has 3 heteroatoms. The van der Waals surface area contributed by atoms with Gasteiger partial charge in [0.05, 0.1) is 12.5 Å². The van der Waals surface area contributed by atoms with E-state index in [1.807, 2.05) is 6.07 Å². The smallest absolute Gasteiger partial charge is 0.205 e. The average Bonchev–Trinajstić information content (AvgIpc) is 2.28. The molecule has 0 bridgehead atoms. The normalized spacial score (nSPS) is 10.6. The lowest BCUT2D eigenvalue weighted by atomic mass is 10.0. The maximum Gasteiger partial charge on any atom is 0.264 e. The van der Waals surface area contributed by atoms with Crippen LogP contribution in [0.4, 0.5) is 8.78 Å². The van der Waals surface area contributed by atoms with Crippen molar-refractivity contribution in [2.45, 2.75) is 12.8 Å². The summed E-state index contributed by atoms with van der Waals surface area (Å²) in [6, 6.07) is 12.1. The number of nitrogens with zero attached hydrogens (tertiary/aromatic N) is 1. The molecule has 0 N–H and O–H groups in total. The molecule has 0 aliphatic carbocycles. The molecule has 1 nitrogen and oxygen atoms in total. The molecule has 0 amide bonds. The maximum absolute atomic E-state index is 12.7. The second kappa shape index (κ2) is 4.28. The predicted octanol–water partition coefficient (Wildman–Crippen LogP) is 3.84. The van der Waals surface area contributed by atoms with E-state index < -0.39 is 6.43 Å². The van der Waals surface area contributed by atoms with Gasteiger partial charge in [0.15, 0.2) is 0 Å². The van der Waals surface area contributed by atoms with Crippen LogP contribution in [0.25, 0.3) is 10.8 Å². The zero-order chi connectivity index (χ0) is 11.5. The minimum atomic E-state index is -2.49. The summed E-state index contributed by atoms with van der Waals surface area (Å²) in [6.07, 6.45) is -2.24. The van der Waals surface area contributed by atoms with Gasteiger partial charge in [0.1, 0.15) is 0 Å². The summed E-state index contributed by atoms with van der Waals surface area (Å²) >= 11 is 0. The van der Waals surface area contributed by atoms with E-state index in [0.29, 0.717) is 5.39 Å². The van der Waals surface area contributed by atoms with Crippen LogP contribution in [0.5, 0.6) is 0 Å². The SMILES string of the molecule is N#CCc1ccc2cccc(C(F)F)c2c1. The Morgan fingerprint density at radius 2 is 2.00 bits per heavy atom. The van der Waals surface area contributed by atoms with Crippen molar-refractivity contribution >= 4 is 10.8 Å². The van der Waals surface area contributed by atoms with Gasteiger partial charge in [-0.15, -0.1) is 0 Å². The molecule has 0 aromatic heterocycles. The van der Waals surface area contributed by atoms with E-state index in [2.05, 4.69) is 0 Å². The van der Waals surface area contributed by atoms with Gasteiger partial charge in [0, 0.05) is 5.56 Å². The summed E-state index contributed by atoms with van der Waals surface area (Å²) < 4.78 is 25.5. The van der Waals surface area contributed by atoms with Gasteiger partial charge in [-0.3, -0.25) is 0 Å². The Morgan fingerprint density at radius 1 is 1.19 bits per heavy atom. The lowest BCUT2D eigenvalue weighted by molar-refractivity contribution is 0.153. The van der Waals surface area contributed by atoms with Crippen molar-refractivity contribution in [2.24, 2.45) is 0 Å². The van der Waals surface area contributed by atoms with Crippen LogP contribution in [0.2, 0.25) is 0 Å². The van der Waals surface area contributed by atoms with E-state index in [1.165, 1.54) is 6.07 Å². The van der Waals surface area contributed by atoms with Gasteiger partial charge >= 0.3 is 0 Å². The number of fused-ring (bicyclic) bond motifs is 1. The van der Waals surface area contributed by atoms with Crippen LogP contribution in [-0.4, -0.2) is 0 Å². The minimum Gasteiger partial charge on any atom is -0.205 e. The van der Waals surface area contributed by atoms with Crippen molar-refractivity contribution < 1.29 is 8.78 Å². The molecule has 2 rings (SSSR count). The highest BCUT2D eigenvalue weighted by atomic mass is 19.3. The van der Waals surface area contributed by atoms with E-state index >= 15 is 0 Å². The molecule has 2 aromatic rings. The highest BCUT2D eigenvalue weighted by molar-refractivity contribution is 5.86. The Balaban J connectivity index is 2.64. The molecule has 0 spiro atoms. The highest BCUT2D eigenvalue weighted by Crippen LogP contribution is 2.28. The van der Waals surface area contributed by atoms with Crippen molar-refractivity contribution in [3.63, 3.8) is 0 Å². The highest BCUT2D eigenvalue weighted by Gasteiger charge is 2.11. The van der Waals surface area contributed by atoms with Gasteiger partial charge in [-0.05, 0) is 22.4 Å². The van der Waals surface area contributed by atoms with Crippen LogP contribution in [0, 0.1) is 11.3 Å². The van der Waals surface area contributed by atoms with Gasteiger partial charge in [0.2, 0.25) is 0 Å². The van der Waals surface area contributed by atoms with Crippen LogP contribution >= 0.6 is 0 Å². The van der Waals surface area contributed by atoms with Gasteiger partial charge < -0.3 is 0 Å². The van der Waals surface area contributed by atoms with Crippen LogP contribution < -0.4 is 0 Å². The topological polar surface area (TPSA) is 23.8 Å². The molecule has 0 aliphatic rings. The number of nitriles is 1. The zero-order valence-electron chi connectivity index (χ0n) is 8.45. The quantitative estimate of drug-likeness (QED) is 0.749. The molecule has 0 unspecified atom stereocenters. The second-order valence-electron chi connectivity index (χ2n) is 3.54. The van der Waals surface area contributed by atoms with Crippen molar-refractivity contribution in [2.75, 3.05) is 0 Å². The van der Waals surface area contributed by atoms with Crippen LogP contribution in [-0.2, 0) is 6.42 Å². The monoisotopic (exact) mass is 217 g/mol. The average molecular weight is 217 g/mol. The third-order valence-electron chi connectivity index (χ3n) is 2.50. The van der Waals surface area contributed by atoms with Gasteiger partial charge in [-0.2, -0.15) is 5.26 Å². The minimum absolute atomic E-state index is 0.0253. The first-order chi connectivity index (χ1) is 7.72. The number of hydrogen-bond donors (Lipinski definition) is 0. The summed E-state index contributed by atoms with van der Waals surface area (Å²) in [6.45, 7) is 0. The molecule has 0 atom stereocenters. The number of benzene rings is 2. The summed E-state index contributed by atoms with van der Waals surface area (Å²) in [5.74, 6) is 0. The van der Waals surface area contributed by atoms with E-state index in [4.69, 9.17) is 5.26 Å². The molecular formula is C13H9F2N. The molecule has 0 heterocycles. The Kier molecular flexibility index (Phi) is 2.82. The van der Waals surface area contributed by atoms with Crippen molar-refractivity contribution in [3.8, 4) is 6.07 Å². The molecular weight excluding hydrogens is 208 g/mol. The van der Waals surface area contributed by atoms with E-state index in [1.54, 1.807) is 30.3 Å². The number of hydrogen-bond acceptors (Lipinski definition) is 1. The number of halogens is 2. The third kappa shape index (κ3) is 1.87. The molecule has 16 heavy (non-hydrogen) atoms. The van der Waals surface area contributed by atoms with E-state index in [0.717, 1.165) is 10.9 Å². The van der Waals surface area contributed by atoms with Gasteiger partial charge in [-0.25, -0.2) is 8.78 Å². The first kappa shape index (κ1) is 10.6. The summed E-state index contributed by atoms with van der Waals surface area (Å²) in [7, 11) is 0. The molecule has 0 fully saturated rings. The largest absolute Gasteiger partial charge is 0.264 e. The van der Waals surface area contributed by atoms with Gasteiger partial charge in [-0.1, -0.05) is 30.3 Å². The van der Waals surface area contributed by atoms with Crippen molar-refractivity contribution in [1.29, 1.82) is 5.26 Å². The fourth-order valence-corrected chi connectivity index (χ4v) is 1.74. The molecule has 80 valence electrons.